The minimum Gasteiger partial charge on any atom is -0.323 e. The highest BCUT2D eigenvalue weighted by Gasteiger charge is 2.04. The molecule has 0 aliphatic heterocycles. The number of hydrogen-bond acceptors (Lipinski definition) is 5. The Hall–Kier alpha value is -3.32. The van der Waals surface area contributed by atoms with Gasteiger partial charge in [0.05, 0.1) is 4.92 Å². The highest BCUT2D eigenvalue weighted by atomic mass is 32.1. The number of carbonyl (C=O) groups excluding carboxylic acids is 1. The van der Waals surface area contributed by atoms with Crippen molar-refractivity contribution in [2.45, 2.75) is 0 Å². The molecule has 0 atom stereocenters. The van der Waals surface area contributed by atoms with Crippen LogP contribution in [0.25, 0.3) is 16.6 Å². The number of anilines is 1. The third-order valence-electron chi connectivity index (χ3n) is 3.36. The molecule has 25 heavy (non-hydrogen) atoms. The molecule has 3 rings (SSSR count). The molecular weight excluding hydrogens is 338 g/mol. The molecule has 124 valence electrons. The summed E-state index contributed by atoms with van der Waals surface area (Å²) in [6, 6.07) is 13.4. The number of rotatable bonds is 5. The average Bonchev–Trinajstić information content (AvgIpc) is 3.15. The van der Waals surface area contributed by atoms with Crippen LogP contribution in [0.3, 0.4) is 0 Å². The van der Waals surface area contributed by atoms with Gasteiger partial charge in [-0.15, -0.1) is 11.3 Å². The van der Waals surface area contributed by atoms with E-state index in [0.29, 0.717) is 11.3 Å². The van der Waals surface area contributed by atoms with Crippen LogP contribution < -0.4 is 5.32 Å². The predicted octanol–water partition coefficient (Wildman–Crippen LogP) is 4.37. The molecule has 1 N–H and O–H groups in total. The van der Waals surface area contributed by atoms with Gasteiger partial charge in [-0.25, -0.2) is 4.98 Å². The number of nitro benzene ring substituents is 1. The zero-order valence-corrected chi connectivity index (χ0v) is 13.8. The second-order valence-electron chi connectivity index (χ2n) is 5.09. The SMILES string of the molecule is O=C(/C=C/c1ccc([N+](=O)[O-])cc1)Nc1ccc(-c2nccs2)cc1. The van der Waals surface area contributed by atoms with E-state index >= 15 is 0 Å². The fourth-order valence-corrected chi connectivity index (χ4v) is 2.77. The Bertz CT molecular complexity index is 902. The van der Waals surface area contributed by atoms with Crippen LogP contribution >= 0.6 is 11.3 Å². The number of non-ortho nitro benzene ring substituents is 1. The van der Waals surface area contributed by atoms with Crippen molar-refractivity contribution in [1.29, 1.82) is 0 Å². The molecule has 0 saturated heterocycles. The van der Waals surface area contributed by atoms with Gasteiger partial charge >= 0.3 is 0 Å². The Morgan fingerprint density at radius 1 is 1.12 bits per heavy atom. The summed E-state index contributed by atoms with van der Waals surface area (Å²) in [5, 5.41) is 16.2. The van der Waals surface area contributed by atoms with Crippen molar-refractivity contribution in [2.24, 2.45) is 0 Å². The minimum atomic E-state index is -0.463. The zero-order valence-electron chi connectivity index (χ0n) is 13.0. The van der Waals surface area contributed by atoms with Crippen molar-refractivity contribution >= 4 is 34.7 Å². The van der Waals surface area contributed by atoms with E-state index in [0.717, 1.165) is 10.6 Å². The lowest BCUT2D eigenvalue weighted by molar-refractivity contribution is -0.384. The van der Waals surface area contributed by atoms with E-state index < -0.39 is 4.92 Å². The van der Waals surface area contributed by atoms with E-state index in [1.807, 2.05) is 29.6 Å². The van der Waals surface area contributed by atoms with E-state index in [1.165, 1.54) is 18.2 Å². The quantitative estimate of drug-likeness (QED) is 0.420. The van der Waals surface area contributed by atoms with Crippen LogP contribution in [0.1, 0.15) is 5.56 Å². The van der Waals surface area contributed by atoms with Crippen LogP contribution in [-0.2, 0) is 4.79 Å². The van der Waals surface area contributed by atoms with E-state index in [-0.39, 0.29) is 11.6 Å². The third kappa shape index (κ3) is 4.36. The first-order valence-electron chi connectivity index (χ1n) is 7.35. The molecule has 0 aliphatic carbocycles. The summed E-state index contributed by atoms with van der Waals surface area (Å²) in [4.78, 5) is 26.3. The predicted molar refractivity (Wildman–Crippen MR) is 98.3 cm³/mol. The van der Waals surface area contributed by atoms with Crippen LogP contribution in [0.4, 0.5) is 11.4 Å². The second-order valence-corrected chi connectivity index (χ2v) is 5.98. The Kier molecular flexibility index (Phi) is 4.96. The molecule has 0 bridgehead atoms. The standard InChI is InChI=1S/C18H13N3O3S/c22-17(10-3-13-1-8-16(9-2-13)21(23)24)20-15-6-4-14(5-7-15)18-19-11-12-25-18/h1-12H,(H,20,22)/b10-3+. The van der Waals surface area contributed by atoms with E-state index in [9.17, 15) is 14.9 Å². The molecule has 7 heteroatoms. The highest BCUT2D eigenvalue weighted by Crippen LogP contribution is 2.23. The normalized spacial score (nSPS) is 10.7. The van der Waals surface area contributed by atoms with Crippen molar-refractivity contribution in [3.8, 4) is 10.6 Å². The maximum atomic E-state index is 12.0. The molecule has 3 aromatic rings. The molecular formula is C18H13N3O3S. The summed E-state index contributed by atoms with van der Waals surface area (Å²) in [7, 11) is 0. The molecule has 0 saturated carbocycles. The van der Waals surface area contributed by atoms with E-state index in [4.69, 9.17) is 0 Å². The smallest absolute Gasteiger partial charge is 0.269 e. The van der Waals surface area contributed by atoms with Gasteiger partial charge < -0.3 is 5.32 Å². The molecule has 0 radical (unpaired) electrons. The molecule has 2 aromatic carbocycles. The number of nitrogens with zero attached hydrogens (tertiary/aromatic N) is 2. The van der Waals surface area contributed by atoms with Crippen LogP contribution in [0.5, 0.6) is 0 Å². The first-order valence-corrected chi connectivity index (χ1v) is 8.23. The summed E-state index contributed by atoms with van der Waals surface area (Å²) in [5.74, 6) is -0.277. The summed E-state index contributed by atoms with van der Waals surface area (Å²) in [6.45, 7) is 0. The van der Waals surface area contributed by atoms with Gasteiger partial charge in [0.25, 0.3) is 5.69 Å². The van der Waals surface area contributed by atoms with Crippen LogP contribution in [-0.4, -0.2) is 15.8 Å². The van der Waals surface area contributed by atoms with Gasteiger partial charge in [-0.2, -0.15) is 0 Å². The number of benzene rings is 2. The van der Waals surface area contributed by atoms with Gasteiger partial charge in [0.2, 0.25) is 5.91 Å². The number of hydrogen-bond donors (Lipinski definition) is 1. The minimum absolute atomic E-state index is 0.0157. The van der Waals surface area contributed by atoms with Crippen LogP contribution in [0, 0.1) is 10.1 Å². The van der Waals surface area contributed by atoms with Crippen LogP contribution in [0.2, 0.25) is 0 Å². The Morgan fingerprint density at radius 3 is 2.44 bits per heavy atom. The molecule has 0 unspecified atom stereocenters. The Labute approximate surface area is 147 Å². The highest BCUT2D eigenvalue weighted by molar-refractivity contribution is 7.13. The fourth-order valence-electron chi connectivity index (χ4n) is 2.13. The van der Waals surface area contributed by atoms with Crippen molar-refractivity contribution in [2.75, 3.05) is 5.32 Å². The molecule has 6 nitrogen and oxygen atoms in total. The number of nitrogens with one attached hydrogen (secondary N) is 1. The number of carbonyl (C=O) groups is 1. The van der Waals surface area contributed by atoms with Gasteiger partial charge in [-0.1, -0.05) is 0 Å². The Balaban J connectivity index is 1.61. The number of aromatic nitrogens is 1. The first kappa shape index (κ1) is 16.5. The van der Waals surface area contributed by atoms with E-state index in [1.54, 1.807) is 35.7 Å². The van der Waals surface area contributed by atoms with Gasteiger partial charge in [-0.3, -0.25) is 14.9 Å². The molecule has 0 spiro atoms. The maximum absolute atomic E-state index is 12.0. The van der Waals surface area contributed by atoms with Crippen molar-refractivity contribution in [3.63, 3.8) is 0 Å². The summed E-state index contributed by atoms with van der Waals surface area (Å²) in [6.07, 6.45) is 4.73. The van der Waals surface area contributed by atoms with Gasteiger partial charge in [0, 0.05) is 41.0 Å². The lowest BCUT2D eigenvalue weighted by Crippen LogP contribution is -2.07. The number of amides is 1. The summed E-state index contributed by atoms with van der Waals surface area (Å²) >= 11 is 1.55. The van der Waals surface area contributed by atoms with Crippen LogP contribution in [0.15, 0.2) is 66.2 Å². The van der Waals surface area contributed by atoms with Gasteiger partial charge in [-0.05, 0) is 48.0 Å². The second kappa shape index (κ2) is 7.50. The average molecular weight is 351 g/mol. The lowest BCUT2D eigenvalue weighted by Gasteiger charge is -2.03. The largest absolute Gasteiger partial charge is 0.323 e. The number of thiazole rings is 1. The fraction of sp³-hybridized carbons (Fsp3) is 0. The number of nitro groups is 1. The van der Waals surface area contributed by atoms with Crippen molar-refractivity contribution in [1.82, 2.24) is 4.98 Å². The Morgan fingerprint density at radius 2 is 1.84 bits per heavy atom. The zero-order chi connectivity index (χ0) is 17.6. The third-order valence-corrected chi connectivity index (χ3v) is 4.18. The van der Waals surface area contributed by atoms with Crippen molar-refractivity contribution < 1.29 is 9.72 Å². The molecule has 1 amide bonds. The topological polar surface area (TPSA) is 85.1 Å². The summed E-state index contributed by atoms with van der Waals surface area (Å²) in [5.41, 5.74) is 2.40. The molecule has 0 aliphatic rings. The maximum Gasteiger partial charge on any atom is 0.269 e. The lowest BCUT2D eigenvalue weighted by atomic mass is 10.2. The van der Waals surface area contributed by atoms with E-state index in [2.05, 4.69) is 10.3 Å². The van der Waals surface area contributed by atoms with Gasteiger partial charge in [0.15, 0.2) is 0 Å². The van der Waals surface area contributed by atoms with Gasteiger partial charge in [0.1, 0.15) is 5.01 Å². The first-order chi connectivity index (χ1) is 12.1. The molecule has 0 fully saturated rings. The van der Waals surface area contributed by atoms with Crippen molar-refractivity contribution in [3.05, 3.63) is 81.9 Å². The summed E-state index contributed by atoms with van der Waals surface area (Å²) < 4.78 is 0. The molecule has 1 aromatic heterocycles. The molecule has 1 heterocycles. The monoisotopic (exact) mass is 351 g/mol.